The van der Waals surface area contributed by atoms with E-state index in [1.807, 2.05) is 12.1 Å². The molecule has 6 heteroatoms. The van der Waals surface area contributed by atoms with Crippen LogP contribution in [0.5, 0.6) is 5.75 Å². The average molecular weight is 366 g/mol. The fourth-order valence-corrected chi connectivity index (χ4v) is 3.01. The Morgan fingerprint density at radius 2 is 1.54 bits per heavy atom. The van der Waals surface area contributed by atoms with Crippen molar-refractivity contribution in [3.05, 3.63) is 29.8 Å². The summed E-state index contributed by atoms with van der Waals surface area (Å²) < 4.78 is 35.3. The molecule has 0 aliphatic carbocycles. The minimum absolute atomic E-state index is 0. The molecule has 1 N–H and O–H groups in total. The Morgan fingerprint density at radius 1 is 0.917 bits per heavy atom. The van der Waals surface area contributed by atoms with Gasteiger partial charge in [0.2, 0.25) is 0 Å². The van der Waals surface area contributed by atoms with Gasteiger partial charge in [0.25, 0.3) is 10.1 Å². The molecule has 0 fully saturated rings. The van der Waals surface area contributed by atoms with E-state index < -0.39 is 10.1 Å². The van der Waals surface area contributed by atoms with Crippen molar-refractivity contribution in [3.63, 3.8) is 0 Å². The minimum atomic E-state index is -3.85. The Hall–Kier alpha value is -0.0700. The number of hydrogen-bond acceptors (Lipinski definition) is 3. The zero-order valence-corrected chi connectivity index (χ0v) is 15.0. The second-order valence-corrected chi connectivity index (χ2v) is 7.58. The Labute approximate surface area is 169 Å². The first-order valence-electron chi connectivity index (χ1n) is 8.68. The van der Waals surface area contributed by atoms with Crippen molar-refractivity contribution < 1.29 is 17.7 Å². The van der Waals surface area contributed by atoms with E-state index in [1.54, 1.807) is 0 Å². The van der Waals surface area contributed by atoms with Gasteiger partial charge in [-0.05, 0) is 43.4 Å². The fourth-order valence-electron chi connectivity index (χ4n) is 2.44. The van der Waals surface area contributed by atoms with Crippen LogP contribution in [0.4, 0.5) is 0 Å². The third-order valence-corrected chi connectivity index (χ3v) is 4.61. The molecule has 0 saturated heterocycles. The zero-order valence-electron chi connectivity index (χ0n) is 14.2. The summed E-state index contributed by atoms with van der Waals surface area (Å²) >= 11 is 0. The van der Waals surface area contributed by atoms with Gasteiger partial charge in [0.05, 0.1) is 12.4 Å². The monoisotopic (exact) mass is 366 g/mol. The molecule has 134 valence electrons. The van der Waals surface area contributed by atoms with Crippen LogP contribution in [0.2, 0.25) is 0 Å². The summed E-state index contributed by atoms with van der Waals surface area (Å²) in [6.07, 6.45) is 9.98. The van der Waals surface area contributed by atoms with Crippen LogP contribution in [0.1, 0.15) is 63.9 Å². The van der Waals surface area contributed by atoms with E-state index in [-0.39, 0.29) is 35.3 Å². The molecular formula is C18H31NaO4S. The van der Waals surface area contributed by atoms with Gasteiger partial charge < -0.3 is 4.74 Å². The zero-order chi connectivity index (χ0) is 17.0. The molecule has 4 nitrogen and oxygen atoms in total. The number of rotatable bonds is 13. The molecule has 1 aromatic rings. The van der Waals surface area contributed by atoms with Crippen LogP contribution < -0.4 is 4.74 Å². The van der Waals surface area contributed by atoms with Gasteiger partial charge in [-0.2, -0.15) is 8.42 Å². The quantitative estimate of drug-likeness (QED) is 0.326. The van der Waals surface area contributed by atoms with E-state index in [9.17, 15) is 8.42 Å². The molecule has 0 atom stereocenters. The van der Waals surface area contributed by atoms with Gasteiger partial charge in [-0.15, -0.1) is 0 Å². The van der Waals surface area contributed by atoms with Crippen LogP contribution >= 0.6 is 0 Å². The third-order valence-electron chi connectivity index (χ3n) is 3.81. The molecule has 0 spiro atoms. The first-order chi connectivity index (χ1) is 11.0. The van der Waals surface area contributed by atoms with Gasteiger partial charge in [0.15, 0.2) is 0 Å². The molecule has 0 aliphatic rings. The summed E-state index contributed by atoms with van der Waals surface area (Å²) in [5, 5.41) is 0. The number of aryl methyl sites for hydroxylation is 1. The summed E-state index contributed by atoms with van der Waals surface area (Å²) in [6.45, 7) is 2.70. The standard InChI is InChI=1S/C18H30O4S.Na.H/c1-2-3-4-5-6-7-10-17-11-13-18(14-12-17)22-15-8-9-16-23(19,20)21;;/h11-14H,2-10,15-16H2,1H3,(H,19,20,21);;. The molecule has 0 aliphatic heterocycles. The molecule has 1 rings (SSSR count). The van der Waals surface area contributed by atoms with Crippen LogP contribution in [-0.4, -0.2) is 54.9 Å². The van der Waals surface area contributed by atoms with Crippen molar-refractivity contribution in [1.82, 2.24) is 0 Å². The molecule has 0 heterocycles. The van der Waals surface area contributed by atoms with Crippen molar-refractivity contribution >= 4 is 39.7 Å². The molecule has 0 radical (unpaired) electrons. The van der Waals surface area contributed by atoms with E-state index in [1.165, 1.54) is 44.1 Å². The number of unbranched alkanes of at least 4 members (excludes halogenated alkanes) is 6. The number of hydrogen-bond donors (Lipinski definition) is 1. The molecule has 1 aromatic carbocycles. The van der Waals surface area contributed by atoms with Gasteiger partial charge in [-0.25, -0.2) is 0 Å². The molecule has 0 aromatic heterocycles. The molecule has 0 unspecified atom stereocenters. The van der Waals surface area contributed by atoms with Crippen LogP contribution in [0.25, 0.3) is 0 Å². The topological polar surface area (TPSA) is 63.6 Å². The molecule has 24 heavy (non-hydrogen) atoms. The van der Waals surface area contributed by atoms with Crippen molar-refractivity contribution in [2.45, 2.75) is 64.7 Å². The van der Waals surface area contributed by atoms with E-state index >= 15 is 0 Å². The summed E-state index contributed by atoms with van der Waals surface area (Å²) in [5.41, 5.74) is 1.33. The Balaban J connectivity index is 0.00000529. The van der Waals surface area contributed by atoms with Gasteiger partial charge >= 0.3 is 29.6 Å². The summed E-state index contributed by atoms with van der Waals surface area (Å²) in [7, 11) is -3.85. The molecule has 0 saturated carbocycles. The second kappa shape index (κ2) is 14.1. The van der Waals surface area contributed by atoms with Crippen molar-refractivity contribution in [3.8, 4) is 5.75 Å². The summed E-state index contributed by atoms with van der Waals surface area (Å²) in [4.78, 5) is 0. The SMILES string of the molecule is CCCCCCCCc1ccc(OCCCCS(=O)(=O)O)cc1.[NaH]. The van der Waals surface area contributed by atoms with E-state index in [0.29, 0.717) is 19.4 Å². The van der Waals surface area contributed by atoms with Crippen LogP contribution in [0.3, 0.4) is 0 Å². The maximum atomic E-state index is 10.6. The first-order valence-corrected chi connectivity index (χ1v) is 10.3. The van der Waals surface area contributed by atoms with E-state index in [2.05, 4.69) is 19.1 Å². The van der Waals surface area contributed by atoms with Crippen molar-refractivity contribution in [2.24, 2.45) is 0 Å². The van der Waals surface area contributed by atoms with Gasteiger partial charge in [0.1, 0.15) is 5.75 Å². The van der Waals surface area contributed by atoms with E-state index in [4.69, 9.17) is 9.29 Å². The number of ether oxygens (including phenoxy) is 1. The molecular weight excluding hydrogens is 335 g/mol. The van der Waals surface area contributed by atoms with Gasteiger partial charge in [-0.1, -0.05) is 51.2 Å². The predicted octanol–water partition coefficient (Wildman–Crippen LogP) is 3.99. The Bertz CT molecular complexity index is 514. The number of benzene rings is 1. The van der Waals surface area contributed by atoms with Crippen LogP contribution in [-0.2, 0) is 16.5 Å². The van der Waals surface area contributed by atoms with Crippen LogP contribution in [0.15, 0.2) is 24.3 Å². The normalized spacial score (nSPS) is 11.1. The third kappa shape index (κ3) is 13.2. The fraction of sp³-hybridized carbons (Fsp3) is 0.667. The van der Waals surface area contributed by atoms with Crippen molar-refractivity contribution in [2.75, 3.05) is 12.4 Å². The summed E-state index contributed by atoms with van der Waals surface area (Å²) in [6, 6.07) is 8.13. The average Bonchev–Trinajstić information content (AvgIpc) is 2.51. The molecule has 0 amide bonds. The Morgan fingerprint density at radius 3 is 2.17 bits per heavy atom. The summed E-state index contributed by atoms with van der Waals surface area (Å²) in [5.74, 6) is 0.608. The maximum absolute atomic E-state index is 10.6. The Kier molecular flexibility index (Phi) is 14.1. The molecule has 0 bridgehead atoms. The first kappa shape index (κ1) is 23.9. The van der Waals surface area contributed by atoms with E-state index in [0.717, 1.165) is 12.2 Å². The van der Waals surface area contributed by atoms with Crippen LogP contribution in [0, 0.1) is 0 Å². The predicted molar refractivity (Wildman–Crippen MR) is 102 cm³/mol. The van der Waals surface area contributed by atoms with Crippen molar-refractivity contribution in [1.29, 1.82) is 0 Å². The second-order valence-electron chi connectivity index (χ2n) is 6.00. The van der Waals surface area contributed by atoms with Gasteiger partial charge in [-0.3, -0.25) is 4.55 Å². The van der Waals surface area contributed by atoms with Gasteiger partial charge in [0, 0.05) is 0 Å².